The van der Waals surface area contributed by atoms with E-state index in [0.29, 0.717) is 18.4 Å². The fourth-order valence-corrected chi connectivity index (χ4v) is 1.49. The van der Waals surface area contributed by atoms with E-state index in [1.165, 1.54) is 18.2 Å². The topological polar surface area (TPSA) is 80.4 Å². The average molecular weight is 256 g/mol. The van der Waals surface area contributed by atoms with Crippen molar-refractivity contribution in [2.75, 3.05) is 0 Å². The van der Waals surface area contributed by atoms with Crippen LogP contribution in [0.4, 0.5) is 0 Å². The number of hydrogen-bond acceptors (Lipinski definition) is 3. The van der Waals surface area contributed by atoms with Gasteiger partial charge in [-0.1, -0.05) is 0 Å². The van der Waals surface area contributed by atoms with Gasteiger partial charge in [0.2, 0.25) is 0 Å². The number of halogens is 1. The molecule has 92 valence electrons. The summed E-state index contributed by atoms with van der Waals surface area (Å²) in [6, 6.07) is 4.05. The number of rotatable bonds is 5. The van der Waals surface area contributed by atoms with Gasteiger partial charge in [-0.15, -0.1) is 11.6 Å². The van der Waals surface area contributed by atoms with Crippen molar-refractivity contribution in [3.63, 3.8) is 0 Å². The summed E-state index contributed by atoms with van der Waals surface area (Å²) in [5.74, 6) is -1.11. The first-order valence-electron chi connectivity index (χ1n) is 5.22. The second-order valence-corrected chi connectivity index (χ2v) is 4.58. The number of primary amides is 1. The molecule has 0 aliphatic heterocycles. The lowest BCUT2D eigenvalue weighted by molar-refractivity contribution is 0.0980. The number of amides is 1. The molecule has 1 rings (SSSR count). The molecule has 17 heavy (non-hydrogen) atoms. The molecular formula is C12H14ClNO3. The predicted molar refractivity (Wildman–Crippen MR) is 65.5 cm³/mol. The van der Waals surface area contributed by atoms with Gasteiger partial charge in [0.15, 0.2) is 5.78 Å². The molecule has 0 fully saturated rings. The Hall–Kier alpha value is -1.55. The number of carbonyl (C=O) groups excluding carboxylic acids is 2. The van der Waals surface area contributed by atoms with Crippen LogP contribution in [0, 0.1) is 0 Å². The van der Waals surface area contributed by atoms with Crippen molar-refractivity contribution in [1.82, 2.24) is 0 Å². The van der Waals surface area contributed by atoms with Crippen LogP contribution in [-0.4, -0.2) is 22.2 Å². The van der Waals surface area contributed by atoms with E-state index >= 15 is 0 Å². The molecule has 0 aromatic heterocycles. The van der Waals surface area contributed by atoms with E-state index in [-0.39, 0.29) is 22.5 Å². The van der Waals surface area contributed by atoms with E-state index < -0.39 is 5.91 Å². The fraction of sp³-hybridized carbons (Fsp3) is 0.333. The van der Waals surface area contributed by atoms with Gasteiger partial charge in [0, 0.05) is 17.4 Å². The molecule has 0 bridgehead atoms. The number of hydrogen-bond donors (Lipinski definition) is 2. The van der Waals surface area contributed by atoms with Crippen molar-refractivity contribution in [2.24, 2.45) is 5.73 Å². The molecule has 1 amide bonds. The summed E-state index contributed by atoms with van der Waals surface area (Å²) in [6.45, 7) is 1.81. The third-order valence-corrected chi connectivity index (χ3v) is 2.57. The van der Waals surface area contributed by atoms with Gasteiger partial charge in [-0.25, -0.2) is 0 Å². The van der Waals surface area contributed by atoms with Gasteiger partial charge in [0.05, 0.1) is 5.56 Å². The lowest BCUT2D eigenvalue weighted by atomic mass is 10.0. The molecular weight excluding hydrogens is 242 g/mol. The van der Waals surface area contributed by atoms with Crippen molar-refractivity contribution in [3.8, 4) is 5.75 Å². The zero-order valence-corrected chi connectivity index (χ0v) is 10.2. The summed E-state index contributed by atoms with van der Waals surface area (Å²) < 4.78 is 0. The lowest BCUT2D eigenvalue weighted by Gasteiger charge is -2.05. The highest BCUT2D eigenvalue weighted by molar-refractivity contribution is 6.20. The summed E-state index contributed by atoms with van der Waals surface area (Å²) in [6.07, 6.45) is 0.862. The van der Waals surface area contributed by atoms with Gasteiger partial charge in [0.1, 0.15) is 5.75 Å². The Morgan fingerprint density at radius 3 is 2.65 bits per heavy atom. The van der Waals surface area contributed by atoms with Crippen LogP contribution in [0.1, 0.15) is 40.5 Å². The molecule has 3 N–H and O–H groups in total. The Balaban J connectivity index is 2.88. The molecule has 5 heteroatoms. The minimum absolute atomic E-state index is 0.0465. The maximum absolute atomic E-state index is 11.7. The Morgan fingerprint density at radius 2 is 2.12 bits per heavy atom. The largest absolute Gasteiger partial charge is 0.507 e. The van der Waals surface area contributed by atoms with Crippen LogP contribution in [0.5, 0.6) is 5.75 Å². The second kappa shape index (κ2) is 5.68. The van der Waals surface area contributed by atoms with E-state index in [1.54, 1.807) is 6.92 Å². The smallest absolute Gasteiger partial charge is 0.252 e. The molecule has 1 aromatic rings. The minimum Gasteiger partial charge on any atom is -0.507 e. The van der Waals surface area contributed by atoms with Crippen molar-refractivity contribution in [3.05, 3.63) is 29.3 Å². The highest BCUT2D eigenvalue weighted by atomic mass is 35.5. The second-order valence-electron chi connectivity index (χ2n) is 3.84. The van der Waals surface area contributed by atoms with Gasteiger partial charge >= 0.3 is 0 Å². The molecule has 0 radical (unpaired) electrons. The van der Waals surface area contributed by atoms with Crippen molar-refractivity contribution in [1.29, 1.82) is 0 Å². The summed E-state index contributed by atoms with van der Waals surface area (Å²) >= 11 is 5.75. The predicted octanol–water partition coefficient (Wildman–Crippen LogP) is 2.08. The number of phenols is 1. The highest BCUT2D eigenvalue weighted by Gasteiger charge is 2.13. The zero-order chi connectivity index (χ0) is 13.0. The fourth-order valence-electron chi connectivity index (χ4n) is 1.38. The van der Waals surface area contributed by atoms with Crippen molar-refractivity contribution < 1.29 is 14.7 Å². The summed E-state index contributed by atoms with van der Waals surface area (Å²) in [7, 11) is 0. The molecule has 0 heterocycles. The number of aromatic hydroxyl groups is 1. The van der Waals surface area contributed by atoms with Gasteiger partial charge in [0.25, 0.3) is 5.91 Å². The van der Waals surface area contributed by atoms with Gasteiger partial charge in [-0.05, 0) is 31.5 Å². The van der Waals surface area contributed by atoms with Gasteiger partial charge in [-0.2, -0.15) is 0 Å². The number of Topliss-reactive ketones (excluding diaryl/α,β-unsaturated/α-hetero) is 1. The summed E-state index contributed by atoms with van der Waals surface area (Å²) in [5, 5.41) is 9.29. The maximum Gasteiger partial charge on any atom is 0.252 e. The Bertz CT molecular complexity index is 443. The van der Waals surface area contributed by atoms with Crippen LogP contribution >= 0.6 is 11.6 Å². The number of ketones is 1. The molecule has 0 saturated heterocycles. The third-order valence-electron chi connectivity index (χ3n) is 2.35. The van der Waals surface area contributed by atoms with Crippen LogP contribution in [0.15, 0.2) is 18.2 Å². The molecule has 1 aromatic carbocycles. The van der Waals surface area contributed by atoms with Gasteiger partial charge < -0.3 is 10.8 Å². The van der Waals surface area contributed by atoms with Gasteiger partial charge in [-0.3, -0.25) is 9.59 Å². The van der Waals surface area contributed by atoms with Crippen molar-refractivity contribution in [2.45, 2.75) is 25.1 Å². The first kappa shape index (κ1) is 13.5. The molecule has 1 atom stereocenters. The maximum atomic E-state index is 11.7. The third kappa shape index (κ3) is 3.75. The molecule has 4 nitrogen and oxygen atoms in total. The average Bonchev–Trinajstić information content (AvgIpc) is 2.26. The Labute approximate surface area is 104 Å². The first-order valence-corrected chi connectivity index (χ1v) is 5.65. The van der Waals surface area contributed by atoms with Crippen molar-refractivity contribution >= 4 is 23.3 Å². The Morgan fingerprint density at radius 1 is 1.47 bits per heavy atom. The number of alkyl halides is 1. The summed E-state index contributed by atoms with van der Waals surface area (Å²) in [4.78, 5) is 22.7. The molecule has 0 spiro atoms. The standard InChI is InChI=1S/C12H14ClNO3/c1-7(13)2-4-10(15)8-3-5-11(16)9(6-8)12(14)17/h3,5-7,16H,2,4H2,1H3,(H2,14,17). The lowest BCUT2D eigenvalue weighted by Crippen LogP contribution is -2.12. The highest BCUT2D eigenvalue weighted by Crippen LogP contribution is 2.19. The van der Waals surface area contributed by atoms with Crippen LogP contribution < -0.4 is 5.73 Å². The Kier molecular flexibility index (Phi) is 4.52. The summed E-state index contributed by atoms with van der Waals surface area (Å²) in [5.41, 5.74) is 5.38. The number of nitrogens with two attached hydrogens (primary N) is 1. The van der Waals surface area contributed by atoms with E-state index in [9.17, 15) is 14.7 Å². The molecule has 1 unspecified atom stereocenters. The molecule has 0 aliphatic rings. The van der Waals surface area contributed by atoms with E-state index in [2.05, 4.69) is 0 Å². The SMILES string of the molecule is CC(Cl)CCC(=O)c1ccc(O)c(C(N)=O)c1. The molecule has 0 aliphatic carbocycles. The van der Waals surface area contributed by atoms with Crippen LogP contribution in [-0.2, 0) is 0 Å². The van der Waals surface area contributed by atoms with E-state index in [1.807, 2.05) is 0 Å². The molecule has 0 saturated carbocycles. The van der Waals surface area contributed by atoms with Crippen LogP contribution in [0.2, 0.25) is 0 Å². The number of benzene rings is 1. The normalized spacial score (nSPS) is 12.1. The van der Waals surface area contributed by atoms with E-state index in [0.717, 1.165) is 0 Å². The first-order chi connectivity index (χ1) is 7.91. The van der Waals surface area contributed by atoms with Crippen LogP contribution in [0.25, 0.3) is 0 Å². The monoisotopic (exact) mass is 255 g/mol. The zero-order valence-electron chi connectivity index (χ0n) is 9.44. The van der Waals surface area contributed by atoms with E-state index in [4.69, 9.17) is 17.3 Å². The van der Waals surface area contributed by atoms with Crippen LogP contribution in [0.3, 0.4) is 0 Å². The minimum atomic E-state index is -0.761. The quantitative estimate of drug-likeness (QED) is 0.624. The number of carbonyl (C=O) groups is 2.